The lowest BCUT2D eigenvalue weighted by molar-refractivity contribution is 0.338. The first kappa shape index (κ1) is 15.9. The van der Waals surface area contributed by atoms with Gasteiger partial charge in [-0.3, -0.25) is 0 Å². The summed E-state index contributed by atoms with van der Waals surface area (Å²) < 4.78 is 0. The van der Waals surface area contributed by atoms with Crippen LogP contribution in [-0.4, -0.2) is 30.0 Å². The van der Waals surface area contributed by atoms with Gasteiger partial charge in [0.25, 0.3) is 0 Å². The lowest BCUT2D eigenvalue weighted by Crippen LogP contribution is -2.41. The molecule has 1 aliphatic heterocycles. The van der Waals surface area contributed by atoms with Gasteiger partial charge >= 0.3 is 0 Å². The van der Waals surface area contributed by atoms with Crippen molar-refractivity contribution in [3.63, 3.8) is 0 Å². The molecule has 0 amide bonds. The number of rotatable bonds is 2. The number of guanidine groups is 1. The van der Waals surface area contributed by atoms with Crippen molar-refractivity contribution in [1.29, 1.82) is 0 Å². The van der Waals surface area contributed by atoms with Crippen LogP contribution in [0.15, 0.2) is 29.3 Å². The highest BCUT2D eigenvalue weighted by molar-refractivity contribution is 14.0. The number of piperidine rings is 1. The Hall–Kier alpha value is -0.490. The van der Waals surface area contributed by atoms with Gasteiger partial charge in [-0.15, -0.1) is 24.0 Å². The minimum Gasteiger partial charge on any atom is -0.370 e. The molecule has 2 atom stereocenters. The zero-order valence-corrected chi connectivity index (χ0v) is 14.6. The molecule has 2 N–H and O–H groups in total. The Morgan fingerprint density at radius 3 is 2.70 bits per heavy atom. The van der Waals surface area contributed by atoms with Crippen molar-refractivity contribution in [2.45, 2.75) is 37.6 Å². The van der Waals surface area contributed by atoms with Gasteiger partial charge in [-0.1, -0.05) is 23.7 Å². The predicted octanol–water partition coefficient (Wildman–Crippen LogP) is 3.61. The third-order valence-electron chi connectivity index (χ3n) is 4.01. The second-order valence-electron chi connectivity index (χ2n) is 5.50. The molecule has 0 aromatic heterocycles. The Balaban J connectivity index is 0.00000147. The lowest BCUT2D eigenvalue weighted by Gasteiger charge is -2.27. The van der Waals surface area contributed by atoms with Crippen molar-refractivity contribution in [1.82, 2.24) is 4.90 Å². The normalized spacial score (nSPS) is 26.1. The molecule has 1 saturated carbocycles. The van der Waals surface area contributed by atoms with Crippen LogP contribution in [0.2, 0.25) is 5.02 Å². The molecule has 110 valence electrons. The van der Waals surface area contributed by atoms with Crippen LogP contribution in [0.1, 0.15) is 37.2 Å². The fourth-order valence-corrected chi connectivity index (χ4v) is 2.99. The molecule has 1 aliphatic carbocycles. The van der Waals surface area contributed by atoms with Crippen molar-refractivity contribution < 1.29 is 0 Å². The zero-order chi connectivity index (χ0) is 13.2. The number of nitrogens with zero attached hydrogens (tertiary/aromatic N) is 2. The van der Waals surface area contributed by atoms with Crippen LogP contribution in [0.5, 0.6) is 0 Å². The summed E-state index contributed by atoms with van der Waals surface area (Å²) in [7, 11) is 0. The average Bonchev–Trinajstić information content (AvgIpc) is 3.19. The van der Waals surface area contributed by atoms with Crippen LogP contribution < -0.4 is 5.73 Å². The van der Waals surface area contributed by atoms with E-state index in [-0.39, 0.29) is 24.0 Å². The van der Waals surface area contributed by atoms with E-state index in [2.05, 4.69) is 16.0 Å². The summed E-state index contributed by atoms with van der Waals surface area (Å²) in [5.74, 6) is 1.23. The van der Waals surface area contributed by atoms with Crippen molar-refractivity contribution in [3.05, 3.63) is 34.9 Å². The molecule has 1 heterocycles. The summed E-state index contributed by atoms with van der Waals surface area (Å²) in [5.41, 5.74) is 7.39. The number of likely N-dealkylation sites (tertiary alicyclic amines) is 1. The Bertz CT molecular complexity index is 486. The van der Waals surface area contributed by atoms with Gasteiger partial charge in [0.15, 0.2) is 5.96 Å². The highest BCUT2D eigenvalue weighted by atomic mass is 127. The summed E-state index contributed by atoms with van der Waals surface area (Å²) in [6, 6.07) is 8.43. The molecule has 3 nitrogen and oxygen atoms in total. The molecular weight excluding hydrogens is 385 g/mol. The molecule has 1 aromatic rings. The van der Waals surface area contributed by atoms with Gasteiger partial charge in [-0.25, -0.2) is 4.99 Å². The third-order valence-corrected chi connectivity index (χ3v) is 4.25. The first-order valence-electron chi connectivity index (χ1n) is 7.08. The van der Waals surface area contributed by atoms with Gasteiger partial charge in [-0.05, 0) is 43.4 Å². The molecular formula is C15H21ClIN3. The molecule has 0 spiro atoms. The summed E-state index contributed by atoms with van der Waals surface area (Å²) in [6.45, 7) is 2.12. The van der Waals surface area contributed by atoms with Crippen molar-refractivity contribution in [3.8, 4) is 0 Å². The van der Waals surface area contributed by atoms with E-state index in [1.54, 1.807) is 0 Å². The molecule has 1 aromatic carbocycles. The first-order valence-corrected chi connectivity index (χ1v) is 7.45. The van der Waals surface area contributed by atoms with Crippen molar-refractivity contribution in [2.24, 2.45) is 10.7 Å². The van der Waals surface area contributed by atoms with E-state index in [0.717, 1.165) is 30.5 Å². The zero-order valence-electron chi connectivity index (χ0n) is 11.5. The molecule has 0 bridgehead atoms. The molecule has 0 radical (unpaired) electrons. The number of halogens is 2. The highest BCUT2D eigenvalue weighted by Crippen LogP contribution is 2.44. The maximum Gasteiger partial charge on any atom is 0.191 e. The summed E-state index contributed by atoms with van der Waals surface area (Å²) >= 11 is 6.02. The quantitative estimate of drug-likeness (QED) is 0.464. The smallest absolute Gasteiger partial charge is 0.191 e. The van der Waals surface area contributed by atoms with E-state index in [9.17, 15) is 0 Å². The van der Waals surface area contributed by atoms with Crippen LogP contribution in [-0.2, 0) is 0 Å². The second-order valence-corrected chi connectivity index (χ2v) is 5.94. The van der Waals surface area contributed by atoms with E-state index >= 15 is 0 Å². The van der Waals surface area contributed by atoms with Gasteiger partial charge in [0.2, 0.25) is 0 Å². The topological polar surface area (TPSA) is 41.6 Å². The summed E-state index contributed by atoms with van der Waals surface area (Å²) in [4.78, 5) is 6.90. The van der Waals surface area contributed by atoms with E-state index < -0.39 is 0 Å². The second kappa shape index (κ2) is 6.98. The highest BCUT2D eigenvalue weighted by Gasteiger charge is 2.39. The van der Waals surface area contributed by atoms with Crippen LogP contribution in [0.3, 0.4) is 0 Å². The van der Waals surface area contributed by atoms with Crippen molar-refractivity contribution >= 4 is 41.5 Å². The van der Waals surface area contributed by atoms with Gasteiger partial charge in [0, 0.05) is 24.0 Å². The lowest BCUT2D eigenvalue weighted by atomic mass is 10.1. The predicted molar refractivity (Wildman–Crippen MR) is 95.1 cm³/mol. The van der Waals surface area contributed by atoms with Crippen LogP contribution >= 0.6 is 35.6 Å². The van der Waals surface area contributed by atoms with Crippen LogP contribution in [0.25, 0.3) is 0 Å². The SMILES string of the molecule is I.NC(=NC1CC1c1cccc(Cl)c1)N1CCCCC1. The molecule has 20 heavy (non-hydrogen) atoms. The third kappa shape index (κ3) is 3.79. The Kier molecular flexibility index (Phi) is 5.55. The minimum absolute atomic E-state index is 0. The Morgan fingerprint density at radius 2 is 2.00 bits per heavy atom. The summed E-state index contributed by atoms with van der Waals surface area (Å²) in [6.07, 6.45) is 4.88. The van der Waals surface area contributed by atoms with E-state index in [1.807, 2.05) is 18.2 Å². The molecule has 2 aliphatic rings. The van der Waals surface area contributed by atoms with Crippen LogP contribution in [0, 0.1) is 0 Å². The van der Waals surface area contributed by atoms with E-state index in [1.165, 1.54) is 24.8 Å². The average molecular weight is 406 g/mol. The fraction of sp³-hybridized carbons (Fsp3) is 0.533. The largest absolute Gasteiger partial charge is 0.370 e. The monoisotopic (exact) mass is 405 g/mol. The van der Waals surface area contributed by atoms with E-state index in [0.29, 0.717) is 12.0 Å². The number of hydrogen-bond acceptors (Lipinski definition) is 1. The van der Waals surface area contributed by atoms with Gasteiger partial charge in [-0.2, -0.15) is 0 Å². The molecule has 1 saturated heterocycles. The van der Waals surface area contributed by atoms with E-state index in [4.69, 9.17) is 17.3 Å². The first-order chi connectivity index (χ1) is 9.24. The minimum atomic E-state index is 0. The maximum absolute atomic E-state index is 6.11. The van der Waals surface area contributed by atoms with Gasteiger partial charge < -0.3 is 10.6 Å². The Morgan fingerprint density at radius 1 is 1.25 bits per heavy atom. The number of nitrogens with two attached hydrogens (primary N) is 1. The molecule has 5 heteroatoms. The maximum atomic E-state index is 6.11. The number of benzene rings is 1. The standard InChI is InChI=1S/C15H20ClN3.HI/c16-12-6-4-5-11(9-12)13-10-14(13)18-15(17)19-7-2-1-3-8-19;/h4-6,9,13-14H,1-3,7-8,10H2,(H2,17,18);1H. The van der Waals surface area contributed by atoms with Gasteiger partial charge in [0.1, 0.15) is 0 Å². The van der Waals surface area contributed by atoms with Gasteiger partial charge in [0.05, 0.1) is 6.04 Å². The van der Waals surface area contributed by atoms with Crippen LogP contribution in [0.4, 0.5) is 0 Å². The molecule has 3 rings (SSSR count). The number of hydrogen-bond donors (Lipinski definition) is 1. The fourth-order valence-electron chi connectivity index (χ4n) is 2.79. The molecule has 2 fully saturated rings. The summed E-state index contributed by atoms with van der Waals surface area (Å²) in [5, 5.41) is 0.802. The number of aliphatic imine (C=N–C) groups is 1. The molecule has 2 unspecified atom stereocenters. The Labute approximate surface area is 142 Å². The van der Waals surface area contributed by atoms with Crippen molar-refractivity contribution in [2.75, 3.05) is 13.1 Å².